The molecule has 0 radical (unpaired) electrons. The summed E-state index contributed by atoms with van der Waals surface area (Å²) in [4.78, 5) is 16.0. The van der Waals surface area contributed by atoms with E-state index in [1.165, 1.54) is 29.5 Å². The summed E-state index contributed by atoms with van der Waals surface area (Å²) < 4.78 is 43.8. The van der Waals surface area contributed by atoms with Crippen molar-refractivity contribution in [2.75, 3.05) is 0 Å². The van der Waals surface area contributed by atoms with Gasteiger partial charge in [-0.25, -0.2) is 4.98 Å². The number of benzene rings is 2. The Morgan fingerprint density at radius 3 is 2.48 bits per heavy atom. The molecule has 1 heterocycles. The van der Waals surface area contributed by atoms with Crippen LogP contribution in [-0.4, -0.2) is 16.1 Å². The molecule has 3 aromatic rings. The second kappa shape index (κ2) is 8.42. The molecule has 1 aromatic heterocycles. The Kier molecular flexibility index (Phi) is 6.14. The number of ether oxygens (including phenoxy) is 1. The molecule has 0 saturated heterocycles. The lowest BCUT2D eigenvalue weighted by Crippen LogP contribution is -2.03. The van der Waals surface area contributed by atoms with Crippen LogP contribution in [0.1, 0.15) is 21.7 Å². The van der Waals surface area contributed by atoms with Crippen molar-refractivity contribution in [3.8, 4) is 16.3 Å². The summed E-state index contributed by atoms with van der Waals surface area (Å²) in [6.45, 7) is 1.97. The average Bonchev–Trinajstić information content (AvgIpc) is 3.01. The number of carbonyl (C=O) groups is 1. The van der Waals surface area contributed by atoms with Crippen molar-refractivity contribution in [1.29, 1.82) is 0 Å². The highest BCUT2D eigenvalue weighted by Crippen LogP contribution is 2.34. The van der Waals surface area contributed by atoms with E-state index < -0.39 is 17.7 Å². The van der Waals surface area contributed by atoms with E-state index >= 15 is 0 Å². The van der Waals surface area contributed by atoms with Gasteiger partial charge in [-0.05, 0) is 36.8 Å². The highest BCUT2D eigenvalue weighted by Gasteiger charge is 2.30. The molecule has 9 heteroatoms. The quantitative estimate of drug-likeness (QED) is 0.510. The Morgan fingerprint density at radius 2 is 1.90 bits per heavy atom. The molecule has 0 amide bonds. The molecular formula is C20H15ClF3NO3S. The van der Waals surface area contributed by atoms with E-state index in [0.29, 0.717) is 32.6 Å². The largest absolute Gasteiger partial charge is 0.486 e. The average molecular weight is 442 g/mol. The molecule has 0 aliphatic carbocycles. The van der Waals surface area contributed by atoms with Gasteiger partial charge in [-0.2, -0.15) is 13.2 Å². The maximum atomic E-state index is 12.7. The molecule has 0 aliphatic heterocycles. The number of halogens is 4. The number of aromatic nitrogens is 1. The second-order valence-corrected chi connectivity index (χ2v) is 7.72. The van der Waals surface area contributed by atoms with E-state index in [9.17, 15) is 18.0 Å². The lowest BCUT2D eigenvalue weighted by Gasteiger charge is -2.08. The zero-order valence-electron chi connectivity index (χ0n) is 15.1. The smallest absolute Gasteiger partial charge is 0.416 e. The monoisotopic (exact) mass is 441 g/mol. The summed E-state index contributed by atoms with van der Waals surface area (Å²) >= 11 is 7.47. The van der Waals surface area contributed by atoms with Crippen molar-refractivity contribution < 1.29 is 27.8 Å². The first kappa shape index (κ1) is 21.1. The van der Waals surface area contributed by atoms with Crippen LogP contribution in [0.3, 0.4) is 0 Å². The van der Waals surface area contributed by atoms with Gasteiger partial charge in [0.1, 0.15) is 17.4 Å². The van der Waals surface area contributed by atoms with Crippen LogP contribution in [0.4, 0.5) is 13.2 Å². The van der Waals surface area contributed by atoms with Crippen molar-refractivity contribution in [2.45, 2.75) is 26.1 Å². The van der Waals surface area contributed by atoms with Crippen molar-refractivity contribution in [3.05, 3.63) is 69.2 Å². The van der Waals surface area contributed by atoms with Gasteiger partial charge in [-0.1, -0.05) is 29.8 Å². The number of rotatable bonds is 6. The topological polar surface area (TPSA) is 59.4 Å². The summed E-state index contributed by atoms with van der Waals surface area (Å²) in [6.07, 6.45) is -4.51. The van der Waals surface area contributed by atoms with Crippen LogP contribution in [0.15, 0.2) is 42.5 Å². The van der Waals surface area contributed by atoms with Crippen LogP contribution in [0.2, 0.25) is 5.02 Å². The molecule has 152 valence electrons. The zero-order valence-corrected chi connectivity index (χ0v) is 16.7. The van der Waals surface area contributed by atoms with Crippen LogP contribution in [0.5, 0.6) is 5.75 Å². The van der Waals surface area contributed by atoms with Crippen molar-refractivity contribution in [2.24, 2.45) is 0 Å². The predicted molar refractivity (Wildman–Crippen MR) is 104 cm³/mol. The number of hydrogen-bond donors (Lipinski definition) is 1. The molecule has 0 spiro atoms. The molecule has 1 N–H and O–H groups in total. The van der Waals surface area contributed by atoms with Crippen LogP contribution in [-0.2, 0) is 24.0 Å². The van der Waals surface area contributed by atoms with E-state index in [1.807, 2.05) is 0 Å². The fourth-order valence-corrected chi connectivity index (χ4v) is 3.82. The van der Waals surface area contributed by atoms with Gasteiger partial charge in [-0.15, -0.1) is 11.3 Å². The molecule has 29 heavy (non-hydrogen) atoms. The lowest BCUT2D eigenvalue weighted by molar-refractivity contribution is -0.138. The van der Waals surface area contributed by atoms with E-state index in [-0.39, 0.29) is 13.0 Å². The maximum Gasteiger partial charge on any atom is 0.416 e. The number of aryl methyl sites for hydroxylation is 1. The number of nitrogens with zero attached hydrogens (tertiary/aromatic N) is 1. The van der Waals surface area contributed by atoms with E-state index in [4.69, 9.17) is 21.4 Å². The molecular weight excluding hydrogens is 427 g/mol. The Labute approximate surface area is 173 Å². The Hall–Kier alpha value is -2.58. The fraction of sp³-hybridized carbons (Fsp3) is 0.200. The molecule has 3 rings (SSSR count). The lowest BCUT2D eigenvalue weighted by atomic mass is 10.1. The first-order valence-electron chi connectivity index (χ1n) is 8.40. The fourth-order valence-electron chi connectivity index (χ4n) is 2.58. The molecule has 0 bridgehead atoms. The third-order valence-electron chi connectivity index (χ3n) is 4.06. The minimum absolute atomic E-state index is 0.134. The van der Waals surface area contributed by atoms with E-state index in [2.05, 4.69) is 4.98 Å². The van der Waals surface area contributed by atoms with Gasteiger partial charge in [-0.3, -0.25) is 4.79 Å². The molecule has 0 atom stereocenters. The standard InChI is InChI=1S/C20H15ClF3NO3S/c1-11-17(10-28-16-7-2-12(8-15(16)21)9-18(26)27)29-19(25-11)13-3-5-14(6-4-13)20(22,23)24/h2-8H,9-10H2,1H3,(H,26,27). The first-order chi connectivity index (χ1) is 13.6. The predicted octanol–water partition coefficient (Wildman–Crippen LogP) is 6.00. The van der Waals surface area contributed by atoms with E-state index in [1.54, 1.807) is 19.1 Å². The summed E-state index contributed by atoms with van der Waals surface area (Å²) in [5.41, 5.74) is 1.16. The minimum Gasteiger partial charge on any atom is -0.486 e. The third kappa shape index (κ3) is 5.27. The van der Waals surface area contributed by atoms with Crippen molar-refractivity contribution in [3.63, 3.8) is 0 Å². The number of aliphatic carboxylic acids is 1. The molecule has 0 unspecified atom stereocenters. The van der Waals surface area contributed by atoms with Gasteiger partial charge in [0.2, 0.25) is 0 Å². The Balaban J connectivity index is 1.72. The van der Waals surface area contributed by atoms with Crippen molar-refractivity contribution in [1.82, 2.24) is 4.98 Å². The van der Waals surface area contributed by atoms with Crippen LogP contribution in [0, 0.1) is 6.92 Å². The van der Waals surface area contributed by atoms with Crippen molar-refractivity contribution >= 4 is 28.9 Å². The number of thiazole rings is 1. The van der Waals surface area contributed by atoms with Gasteiger partial charge in [0.05, 0.1) is 27.6 Å². The zero-order chi connectivity index (χ0) is 21.2. The first-order valence-corrected chi connectivity index (χ1v) is 9.60. The third-order valence-corrected chi connectivity index (χ3v) is 5.54. The molecule has 0 saturated carbocycles. The Bertz CT molecular complexity index is 1030. The summed E-state index contributed by atoms with van der Waals surface area (Å²) in [6, 6.07) is 9.61. The highest BCUT2D eigenvalue weighted by molar-refractivity contribution is 7.15. The minimum atomic E-state index is -4.38. The van der Waals surface area contributed by atoms with Gasteiger partial charge in [0, 0.05) is 5.56 Å². The number of hydrogen-bond acceptors (Lipinski definition) is 4. The van der Waals surface area contributed by atoms with Crippen LogP contribution >= 0.6 is 22.9 Å². The van der Waals surface area contributed by atoms with Crippen LogP contribution < -0.4 is 4.74 Å². The van der Waals surface area contributed by atoms with E-state index in [0.717, 1.165) is 17.0 Å². The SMILES string of the molecule is Cc1nc(-c2ccc(C(F)(F)F)cc2)sc1COc1ccc(CC(=O)O)cc1Cl. The maximum absolute atomic E-state index is 12.7. The van der Waals surface area contributed by atoms with Crippen LogP contribution in [0.25, 0.3) is 10.6 Å². The molecule has 4 nitrogen and oxygen atoms in total. The number of carboxylic acid groups (broad SMARTS) is 1. The Morgan fingerprint density at radius 1 is 1.21 bits per heavy atom. The molecule has 2 aromatic carbocycles. The summed E-state index contributed by atoms with van der Waals surface area (Å²) in [5, 5.41) is 9.72. The van der Waals surface area contributed by atoms with Gasteiger partial charge in [0.25, 0.3) is 0 Å². The summed E-state index contributed by atoms with van der Waals surface area (Å²) in [7, 11) is 0. The summed E-state index contributed by atoms with van der Waals surface area (Å²) in [5.74, 6) is -0.546. The normalized spacial score (nSPS) is 11.5. The highest BCUT2D eigenvalue weighted by atomic mass is 35.5. The number of carboxylic acids is 1. The molecule has 0 fully saturated rings. The second-order valence-electron chi connectivity index (χ2n) is 6.23. The van der Waals surface area contributed by atoms with Gasteiger partial charge in [0.15, 0.2) is 0 Å². The van der Waals surface area contributed by atoms with Gasteiger partial charge < -0.3 is 9.84 Å². The van der Waals surface area contributed by atoms with Gasteiger partial charge >= 0.3 is 12.1 Å². The molecule has 0 aliphatic rings. The number of alkyl halides is 3.